The largest absolute Gasteiger partial charge is 0.395 e. The smallest absolute Gasteiger partial charge is 0.382 e. The number of halogens is 3. The molecule has 0 saturated carbocycles. The predicted molar refractivity (Wildman–Crippen MR) is 61.1 cm³/mol. The first-order valence-electron chi connectivity index (χ1n) is 5.58. The molecule has 0 bridgehead atoms. The highest BCUT2D eigenvalue weighted by Gasteiger charge is 2.45. The molecule has 2 unspecified atom stereocenters. The van der Waals surface area contributed by atoms with Crippen molar-refractivity contribution in [2.45, 2.75) is 31.0 Å². The van der Waals surface area contributed by atoms with E-state index in [4.69, 9.17) is 5.73 Å². The van der Waals surface area contributed by atoms with Crippen molar-refractivity contribution in [2.75, 3.05) is 5.32 Å². The van der Waals surface area contributed by atoms with E-state index in [1.165, 1.54) is 6.07 Å². The lowest BCUT2D eigenvalue weighted by Gasteiger charge is -2.33. The highest BCUT2D eigenvalue weighted by Crippen LogP contribution is 2.44. The average molecular weight is 258 g/mol. The van der Waals surface area contributed by atoms with Gasteiger partial charge in [-0.2, -0.15) is 13.2 Å². The van der Waals surface area contributed by atoms with Gasteiger partial charge in [-0.1, -0.05) is 18.2 Å². The van der Waals surface area contributed by atoms with E-state index in [0.717, 1.165) is 0 Å². The van der Waals surface area contributed by atoms with Gasteiger partial charge in [0.15, 0.2) is 0 Å². The summed E-state index contributed by atoms with van der Waals surface area (Å²) in [6.07, 6.45) is -4.57. The zero-order valence-corrected chi connectivity index (χ0v) is 9.50. The number of nitrogens with two attached hydrogens (primary N) is 1. The number of fused-ring (bicyclic) bond motifs is 1. The number of carbonyl (C=O) groups excluding carboxylic acids is 1. The van der Waals surface area contributed by atoms with Gasteiger partial charge in [0.1, 0.15) is 0 Å². The van der Waals surface area contributed by atoms with Crippen molar-refractivity contribution in [2.24, 2.45) is 5.73 Å². The number of nitrogens with one attached hydrogen (secondary N) is 1. The third-order valence-corrected chi connectivity index (χ3v) is 3.06. The first-order chi connectivity index (χ1) is 8.38. The van der Waals surface area contributed by atoms with Gasteiger partial charge in [0, 0.05) is 18.2 Å². The van der Waals surface area contributed by atoms with Crippen LogP contribution in [0.1, 0.15) is 24.3 Å². The van der Waals surface area contributed by atoms with Crippen LogP contribution in [0.5, 0.6) is 0 Å². The summed E-state index contributed by atoms with van der Waals surface area (Å²) < 4.78 is 39.0. The third-order valence-electron chi connectivity index (χ3n) is 3.06. The van der Waals surface area contributed by atoms with Gasteiger partial charge < -0.3 is 11.1 Å². The normalized spacial score (nSPS) is 23.1. The van der Waals surface area contributed by atoms with E-state index < -0.39 is 24.0 Å². The van der Waals surface area contributed by atoms with Crippen LogP contribution >= 0.6 is 0 Å². The molecule has 18 heavy (non-hydrogen) atoms. The highest BCUT2D eigenvalue weighted by atomic mass is 19.4. The van der Waals surface area contributed by atoms with E-state index in [1.807, 2.05) is 0 Å². The molecule has 2 rings (SSSR count). The zero-order valence-electron chi connectivity index (χ0n) is 9.50. The minimum atomic E-state index is -4.31. The molecule has 0 aromatic heterocycles. The van der Waals surface area contributed by atoms with Crippen LogP contribution in [0.2, 0.25) is 0 Å². The Balaban J connectivity index is 2.32. The molecular weight excluding hydrogens is 245 g/mol. The average Bonchev–Trinajstić information content (AvgIpc) is 2.25. The number of carbonyl (C=O) groups is 1. The number of primary amides is 1. The lowest BCUT2D eigenvalue weighted by Crippen LogP contribution is -2.37. The van der Waals surface area contributed by atoms with E-state index in [2.05, 4.69) is 5.32 Å². The molecule has 0 spiro atoms. The second-order valence-electron chi connectivity index (χ2n) is 4.43. The maximum absolute atomic E-state index is 13.0. The Morgan fingerprint density at radius 3 is 2.67 bits per heavy atom. The molecule has 0 radical (unpaired) electrons. The Morgan fingerprint density at radius 1 is 1.39 bits per heavy atom. The monoisotopic (exact) mass is 258 g/mol. The summed E-state index contributed by atoms with van der Waals surface area (Å²) in [4.78, 5) is 10.8. The van der Waals surface area contributed by atoms with Crippen molar-refractivity contribution in [3.63, 3.8) is 0 Å². The van der Waals surface area contributed by atoms with Gasteiger partial charge in [-0.3, -0.25) is 4.79 Å². The number of hydrogen-bond acceptors (Lipinski definition) is 2. The zero-order chi connectivity index (χ0) is 13.3. The molecule has 0 aliphatic carbocycles. The first-order valence-corrected chi connectivity index (χ1v) is 5.58. The molecule has 1 aliphatic heterocycles. The Kier molecular flexibility index (Phi) is 3.19. The number of amides is 1. The van der Waals surface area contributed by atoms with E-state index in [0.29, 0.717) is 5.69 Å². The fourth-order valence-electron chi connectivity index (χ4n) is 2.31. The van der Waals surface area contributed by atoms with Crippen LogP contribution in [0.25, 0.3) is 0 Å². The van der Waals surface area contributed by atoms with E-state index in [-0.39, 0.29) is 18.4 Å². The summed E-state index contributed by atoms with van der Waals surface area (Å²) in [5.74, 6) is -2.15. The number of alkyl halides is 3. The van der Waals surface area contributed by atoms with E-state index >= 15 is 0 Å². The number of para-hydroxylation sites is 1. The molecule has 0 saturated heterocycles. The molecule has 2 atom stereocenters. The molecule has 98 valence electrons. The van der Waals surface area contributed by atoms with Gasteiger partial charge in [-0.05, 0) is 18.1 Å². The van der Waals surface area contributed by atoms with Crippen molar-refractivity contribution >= 4 is 11.6 Å². The lowest BCUT2D eigenvalue weighted by atomic mass is 9.85. The van der Waals surface area contributed by atoms with Gasteiger partial charge in [-0.15, -0.1) is 0 Å². The van der Waals surface area contributed by atoms with Crippen LogP contribution in [0, 0.1) is 0 Å². The Bertz CT molecular complexity index is 459. The molecule has 1 heterocycles. The van der Waals surface area contributed by atoms with E-state index in [9.17, 15) is 18.0 Å². The summed E-state index contributed by atoms with van der Waals surface area (Å²) in [5.41, 5.74) is 5.69. The molecule has 1 amide bonds. The topological polar surface area (TPSA) is 55.1 Å². The van der Waals surface area contributed by atoms with Crippen molar-refractivity contribution in [3.05, 3.63) is 29.8 Å². The lowest BCUT2D eigenvalue weighted by molar-refractivity contribution is -0.153. The van der Waals surface area contributed by atoms with Crippen molar-refractivity contribution in [3.8, 4) is 0 Å². The molecule has 0 fully saturated rings. The van der Waals surface area contributed by atoms with Crippen LogP contribution in [0.3, 0.4) is 0 Å². The standard InChI is InChI=1S/C12H13F3N2O/c13-12(14,15)9-5-7(6-11(16)18)17-10-4-2-1-3-8(9)10/h1-4,7,9,17H,5-6H2,(H2,16,18). The van der Waals surface area contributed by atoms with Crippen LogP contribution in [-0.2, 0) is 4.79 Å². The van der Waals surface area contributed by atoms with Crippen LogP contribution < -0.4 is 11.1 Å². The minimum Gasteiger partial charge on any atom is -0.382 e. The quantitative estimate of drug-likeness (QED) is 0.855. The summed E-state index contributed by atoms with van der Waals surface area (Å²) in [6.45, 7) is 0. The Morgan fingerprint density at radius 2 is 2.06 bits per heavy atom. The summed E-state index contributed by atoms with van der Waals surface area (Å²) >= 11 is 0. The van der Waals surface area contributed by atoms with Crippen LogP contribution in [0.4, 0.5) is 18.9 Å². The second kappa shape index (κ2) is 4.51. The molecule has 3 N–H and O–H groups in total. The molecule has 1 aliphatic rings. The van der Waals surface area contributed by atoms with Crippen LogP contribution in [0.15, 0.2) is 24.3 Å². The summed E-state index contributed by atoms with van der Waals surface area (Å²) in [6, 6.07) is 5.71. The molecule has 3 nitrogen and oxygen atoms in total. The minimum absolute atomic E-state index is 0.0963. The van der Waals surface area contributed by atoms with Crippen molar-refractivity contribution in [1.29, 1.82) is 0 Å². The highest BCUT2D eigenvalue weighted by molar-refractivity contribution is 5.75. The van der Waals surface area contributed by atoms with Gasteiger partial charge in [-0.25, -0.2) is 0 Å². The van der Waals surface area contributed by atoms with Gasteiger partial charge in [0.2, 0.25) is 5.91 Å². The molecule has 1 aromatic carbocycles. The Labute approximate surface area is 102 Å². The third kappa shape index (κ3) is 2.57. The number of hydrogen-bond donors (Lipinski definition) is 2. The maximum atomic E-state index is 13.0. The van der Waals surface area contributed by atoms with Gasteiger partial charge in [0.25, 0.3) is 0 Å². The SMILES string of the molecule is NC(=O)CC1CC(C(F)(F)F)c2ccccc2N1. The van der Waals surface area contributed by atoms with Crippen molar-refractivity contribution < 1.29 is 18.0 Å². The summed E-state index contributed by atoms with van der Waals surface area (Å²) in [5, 5.41) is 2.93. The summed E-state index contributed by atoms with van der Waals surface area (Å²) in [7, 11) is 0. The maximum Gasteiger partial charge on any atom is 0.395 e. The predicted octanol–water partition coefficient (Wildman–Crippen LogP) is 2.39. The fraction of sp³-hybridized carbons (Fsp3) is 0.417. The first kappa shape index (κ1) is 12.7. The molecular formula is C12H13F3N2O. The second-order valence-corrected chi connectivity index (χ2v) is 4.43. The molecule has 1 aromatic rings. The van der Waals surface area contributed by atoms with E-state index in [1.54, 1.807) is 18.2 Å². The Hall–Kier alpha value is -1.72. The van der Waals surface area contributed by atoms with Crippen LogP contribution in [-0.4, -0.2) is 18.1 Å². The van der Waals surface area contributed by atoms with Gasteiger partial charge in [0.05, 0.1) is 5.92 Å². The molecule has 6 heteroatoms. The number of anilines is 1. The van der Waals surface area contributed by atoms with Crippen molar-refractivity contribution in [1.82, 2.24) is 0 Å². The number of benzene rings is 1. The number of rotatable bonds is 2. The van der Waals surface area contributed by atoms with Gasteiger partial charge >= 0.3 is 6.18 Å². The fourth-order valence-corrected chi connectivity index (χ4v) is 2.31.